The highest BCUT2D eigenvalue weighted by molar-refractivity contribution is 7.98. The van der Waals surface area contributed by atoms with Crippen molar-refractivity contribution in [1.82, 2.24) is 15.5 Å². The van der Waals surface area contributed by atoms with Gasteiger partial charge in [-0.3, -0.25) is 14.4 Å². The van der Waals surface area contributed by atoms with Gasteiger partial charge in [-0.05, 0) is 31.3 Å². The molecule has 1 aliphatic heterocycles. The van der Waals surface area contributed by atoms with Gasteiger partial charge in [0.1, 0.15) is 18.1 Å². The molecule has 3 amide bonds. The molecule has 12 heteroatoms. The average molecular weight is 437 g/mol. The molecular formula is C16H28N4O6S2. The van der Waals surface area contributed by atoms with Gasteiger partial charge in [-0.2, -0.15) is 24.4 Å². The van der Waals surface area contributed by atoms with Crippen molar-refractivity contribution in [1.29, 1.82) is 0 Å². The third-order valence-corrected chi connectivity index (χ3v) is 5.41. The third-order valence-electron chi connectivity index (χ3n) is 4.40. The number of amides is 3. The zero-order chi connectivity index (χ0) is 21.3. The van der Waals surface area contributed by atoms with E-state index in [9.17, 15) is 24.3 Å². The summed E-state index contributed by atoms with van der Waals surface area (Å²) < 4.78 is 0. The second kappa shape index (κ2) is 12.1. The Labute approximate surface area is 173 Å². The van der Waals surface area contributed by atoms with Crippen molar-refractivity contribution in [3.63, 3.8) is 0 Å². The molecule has 1 aliphatic rings. The maximum absolute atomic E-state index is 12.6. The maximum Gasteiger partial charge on any atom is 0.327 e. The largest absolute Gasteiger partial charge is 0.480 e. The predicted octanol–water partition coefficient (Wildman–Crippen LogP) is -1.97. The molecule has 1 fully saturated rings. The Hall–Kier alpha value is -1.50. The van der Waals surface area contributed by atoms with Gasteiger partial charge in [0, 0.05) is 12.3 Å². The summed E-state index contributed by atoms with van der Waals surface area (Å²) in [7, 11) is 0. The van der Waals surface area contributed by atoms with Crippen LogP contribution in [0.25, 0.3) is 0 Å². The topological polar surface area (TPSA) is 162 Å². The molecule has 0 aromatic carbocycles. The molecule has 6 N–H and O–H groups in total. The summed E-state index contributed by atoms with van der Waals surface area (Å²) in [6.45, 7) is -0.328. The van der Waals surface area contributed by atoms with Crippen molar-refractivity contribution in [2.75, 3.05) is 30.9 Å². The second-order valence-electron chi connectivity index (χ2n) is 6.40. The lowest BCUT2D eigenvalue weighted by Crippen LogP contribution is -2.57. The molecule has 0 aromatic rings. The molecule has 0 bridgehead atoms. The number of nitrogens with one attached hydrogen (secondary N) is 2. The van der Waals surface area contributed by atoms with Gasteiger partial charge < -0.3 is 31.5 Å². The quantitative estimate of drug-likeness (QED) is 0.203. The van der Waals surface area contributed by atoms with Gasteiger partial charge in [-0.25, -0.2) is 4.79 Å². The second-order valence-corrected chi connectivity index (χ2v) is 7.75. The zero-order valence-electron chi connectivity index (χ0n) is 15.7. The van der Waals surface area contributed by atoms with E-state index in [1.54, 1.807) is 11.8 Å². The van der Waals surface area contributed by atoms with Crippen LogP contribution in [0.15, 0.2) is 0 Å². The molecule has 4 unspecified atom stereocenters. The lowest BCUT2D eigenvalue weighted by atomic mass is 10.1. The molecule has 160 valence electrons. The number of likely N-dealkylation sites (tertiary alicyclic amines) is 1. The summed E-state index contributed by atoms with van der Waals surface area (Å²) in [4.78, 5) is 49.7. The van der Waals surface area contributed by atoms with Crippen molar-refractivity contribution in [2.24, 2.45) is 5.73 Å². The van der Waals surface area contributed by atoms with Crippen molar-refractivity contribution in [3.05, 3.63) is 0 Å². The molecule has 0 spiro atoms. The lowest BCUT2D eigenvalue weighted by molar-refractivity contribution is -0.143. The Morgan fingerprint density at radius 1 is 1.29 bits per heavy atom. The number of aliphatic carboxylic acids is 1. The summed E-state index contributed by atoms with van der Waals surface area (Å²) >= 11 is 5.41. The molecule has 28 heavy (non-hydrogen) atoms. The van der Waals surface area contributed by atoms with Crippen LogP contribution in [0.1, 0.15) is 19.3 Å². The molecule has 10 nitrogen and oxygen atoms in total. The summed E-state index contributed by atoms with van der Waals surface area (Å²) in [6, 6.07) is -4.07. The number of aliphatic hydroxyl groups excluding tert-OH is 1. The van der Waals surface area contributed by atoms with Crippen molar-refractivity contribution in [2.45, 2.75) is 43.4 Å². The van der Waals surface area contributed by atoms with Crippen molar-refractivity contribution < 1.29 is 29.4 Å². The van der Waals surface area contributed by atoms with Gasteiger partial charge in [0.2, 0.25) is 17.7 Å². The van der Waals surface area contributed by atoms with Gasteiger partial charge in [0.25, 0.3) is 0 Å². The first-order valence-corrected chi connectivity index (χ1v) is 10.9. The Balaban J connectivity index is 2.73. The fraction of sp³-hybridized carbons (Fsp3) is 0.750. The van der Waals surface area contributed by atoms with Gasteiger partial charge in [-0.1, -0.05) is 0 Å². The molecule has 1 saturated heterocycles. The Bertz CT molecular complexity index is 579. The van der Waals surface area contributed by atoms with Crippen LogP contribution in [-0.4, -0.2) is 93.9 Å². The lowest BCUT2D eigenvalue weighted by Gasteiger charge is -2.28. The van der Waals surface area contributed by atoms with E-state index in [0.717, 1.165) is 5.75 Å². The van der Waals surface area contributed by atoms with Gasteiger partial charge >= 0.3 is 5.97 Å². The highest BCUT2D eigenvalue weighted by Gasteiger charge is 2.37. The molecule has 4 atom stereocenters. The Morgan fingerprint density at radius 3 is 2.50 bits per heavy atom. The number of carboxylic acids is 1. The SMILES string of the molecule is CSCCC(N)C(=O)N1CCCC1C(=O)NC(CO)C(=O)NC(CS)C(=O)O. The van der Waals surface area contributed by atoms with Crippen molar-refractivity contribution in [3.8, 4) is 0 Å². The third kappa shape index (κ3) is 6.83. The summed E-state index contributed by atoms with van der Waals surface area (Å²) in [6.07, 6.45) is 3.44. The minimum atomic E-state index is -1.34. The van der Waals surface area contributed by atoms with E-state index < -0.39 is 48.6 Å². The molecular weight excluding hydrogens is 408 g/mol. The molecule has 0 saturated carbocycles. The van der Waals surface area contributed by atoms with E-state index in [1.807, 2.05) is 6.26 Å². The number of aliphatic hydroxyl groups is 1. The van der Waals surface area contributed by atoms with Crippen LogP contribution in [0.4, 0.5) is 0 Å². The number of thiol groups is 1. The van der Waals surface area contributed by atoms with E-state index in [4.69, 9.17) is 10.8 Å². The first-order chi connectivity index (χ1) is 13.3. The maximum atomic E-state index is 12.6. The van der Waals surface area contributed by atoms with E-state index >= 15 is 0 Å². The van der Waals surface area contributed by atoms with Crippen LogP contribution in [0.3, 0.4) is 0 Å². The van der Waals surface area contributed by atoms with E-state index in [2.05, 4.69) is 23.3 Å². The molecule has 1 heterocycles. The van der Waals surface area contributed by atoms with Gasteiger partial charge in [-0.15, -0.1) is 0 Å². The zero-order valence-corrected chi connectivity index (χ0v) is 17.4. The fourth-order valence-electron chi connectivity index (χ4n) is 2.80. The first kappa shape index (κ1) is 24.5. The number of thioether (sulfide) groups is 1. The molecule has 0 aromatic heterocycles. The highest BCUT2D eigenvalue weighted by atomic mass is 32.2. The van der Waals surface area contributed by atoms with Crippen LogP contribution < -0.4 is 16.4 Å². The average Bonchev–Trinajstić information content (AvgIpc) is 3.16. The Morgan fingerprint density at radius 2 is 1.96 bits per heavy atom. The highest BCUT2D eigenvalue weighted by Crippen LogP contribution is 2.19. The van der Waals surface area contributed by atoms with E-state index in [-0.39, 0.29) is 11.7 Å². The van der Waals surface area contributed by atoms with Gasteiger partial charge in [0.05, 0.1) is 12.6 Å². The number of nitrogens with zero attached hydrogens (tertiary/aromatic N) is 1. The summed E-state index contributed by atoms with van der Waals surface area (Å²) in [5.74, 6) is -2.46. The predicted molar refractivity (Wildman–Crippen MR) is 108 cm³/mol. The number of hydrogen-bond donors (Lipinski definition) is 6. The number of carbonyl (C=O) groups excluding carboxylic acids is 3. The summed E-state index contributed by atoms with van der Waals surface area (Å²) in [5, 5.41) is 23.0. The number of nitrogens with two attached hydrogens (primary N) is 1. The van der Waals surface area contributed by atoms with E-state index in [1.165, 1.54) is 4.90 Å². The fourth-order valence-corrected chi connectivity index (χ4v) is 3.54. The molecule has 0 radical (unpaired) electrons. The smallest absolute Gasteiger partial charge is 0.327 e. The van der Waals surface area contributed by atoms with Crippen LogP contribution in [0, 0.1) is 0 Å². The molecule has 1 rings (SSSR count). The molecule has 0 aliphatic carbocycles. The monoisotopic (exact) mass is 436 g/mol. The van der Waals surface area contributed by atoms with E-state index in [0.29, 0.717) is 25.8 Å². The summed E-state index contributed by atoms with van der Waals surface area (Å²) in [5.41, 5.74) is 5.92. The van der Waals surface area contributed by atoms with Crippen LogP contribution in [0.2, 0.25) is 0 Å². The number of rotatable bonds is 11. The number of carbonyl (C=O) groups is 4. The first-order valence-electron chi connectivity index (χ1n) is 8.87. The van der Waals surface area contributed by atoms with Crippen LogP contribution in [0.5, 0.6) is 0 Å². The van der Waals surface area contributed by atoms with Crippen LogP contribution in [-0.2, 0) is 19.2 Å². The minimum Gasteiger partial charge on any atom is -0.480 e. The number of carboxylic acid groups (broad SMARTS) is 1. The normalized spacial score (nSPS) is 19.6. The minimum absolute atomic E-state index is 0.147. The number of hydrogen-bond acceptors (Lipinski definition) is 8. The standard InChI is InChI=1S/C16H28N4O6S2/c1-28-6-4-9(17)15(24)20-5-2-3-12(20)14(23)18-10(7-21)13(22)19-11(8-27)16(25)26/h9-12,21,27H,2-8,17H2,1H3,(H,18,23)(H,19,22)(H,25,26). The van der Waals surface area contributed by atoms with Crippen LogP contribution >= 0.6 is 24.4 Å². The van der Waals surface area contributed by atoms with Crippen molar-refractivity contribution >= 4 is 48.1 Å². The van der Waals surface area contributed by atoms with Gasteiger partial charge in [0.15, 0.2) is 0 Å². The Kier molecular flexibility index (Phi) is 10.6.